The summed E-state index contributed by atoms with van der Waals surface area (Å²) < 4.78 is 5.56. The van der Waals surface area contributed by atoms with Crippen LogP contribution in [-0.4, -0.2) is 30.6 Å². The van der Waals surface area contributed by atoms with E-state index in [2.05, 4.69) is 19.2 Å². The van der Waals surface area contributed by atoms with E-state index in [1.807, 2.05) is 36.1 Å². The molecule has 0 unspecified atom stereocenters. The van der Waals surface area contributed by atoms with Crippen LogP contribution in [0.1, 0.15) is 40.0 Å². The number of nitrogens with zero attached hydrogens (tertiary/aromatic N) is 1. The maximum atomic E-state index is 12.1. The number of hydrogen-bond donors (Lipinski definition) is 1. The fourth-order valence-electron chi connectivity index (χ4n) is 1.84. The molecule has 0 aliphatic heterocycles. The Hall–Kier alpha value is -1.71. The van der Waals surface area contributed by atoms with Gasteiger partial charge in [-0.15, -0.1) is 0 Å². The van der Waals surface area contributed by atoms with Crippen LogP contribution in [0.3, 0.4) is 0 Å². The molecule has 0 bridgehead atoms. The molecule has 1 aromatic rings. The van der Waals surface area contributed by atoms with E-state index in [1.165, 1.54) is 0 Å². The quantitative estimate of drug-likeness (QED) is 0.777. The monoisotopic (exact) mass is 278 g/mol. The van der Waals surface area contributed by atoms with E-state index in [0.717, 1.165) is 43.8 Å². The third-order valence-corrected chi connectivity index (χ3v) is 3.01. The Morgan fingerprint density at radius 2 is 2.05 bits per heavy atom. The molecule has 0 heterocycles. The molecule has 0 radical (unpaired) electrons. The third-order valence-electron chi connectivity index (χ3n) is 3.01. The SMILES string of the molecule is CCCCN(CC)C(=O)Nc1cccc(OCCC)c1. The minimum atomic E-state index is -0.0476. The summed E-state index contributed by atoms with van der Waals surface area (Å²) in [5.74, 6) is 0.793. The lowest BCUT2D eigenvalue weighted by atomic mass is 10.3. The van der Waals surface area contributed by atoms with Gasteiger partial charge in [0.15, 0.2) is 0 Å². The normalized spacial score (nSPS) is 10.2. The second kappa shape index (κ2) is 9.23. The van der Waals surface area contributed by atoms with Gasteiger partial charge in [0, 0.05) is 24.8 Å². The largest absolute Gasteiger partial charge is 0.494 e. The number of benzene rings is 1. The van der Waals surface area contributed by atoms with Gasteiger partial charge < -0.3 is 15.0 Å². The van der Waals surface area contributed by atoms with Crippen molar-refractivity contribution in [2.24, 2.45) is 0 Å². The highest BCUT2D eigenvalue weighted by molar-refractivity contribution is 5.89. The van der Waals surface area contributed by atoms with Crippen LogP contribution in [0, 0.1) is 0 Å². The van der Waals surface area contributed by atoms with Crippen LogP contribution >= 0.6 is 0 Å². The molecule has 20 heavy (non-hydrogen) atoms. The Labute approximate surface area is 122 Å². The lowest BCUT2D eigenvalue weighted by Gasteiger charge is -2.21. The summed E-state index contributed by atoms with van der Waals surface area (Å²) in [7, 11) is 0. The molecule has 0 fully saturated rings. The van der Waals surface area contributed by atoms with E-state index in [1.54, 1.807) is 0 Å². The average molecular weight is 278 g/mol. The van der Waals surface area contributed by atoms with Crippen molar-refractivity contribution in [1.29, 1.82) is 0 Å². The van der Waals surface area contributed by atoms with Crippen LogP contribution in [0.4, 0.5) is 10.5 Å². The van der Waals surface area contributed by atoms with Gasteiger partial charge in [-0.1, -0.05) is 26.3 Å². The summed E-state index contributed by atoms with van der Waals surface area (Å²) in [6, 6.07) is 7.49. The van der Waals surface area contributed by atoms with Gasteiger partial charge in [-0.25, -0.2) is 4.79 Å². The van der Waals surface area contributed by atoms with E-state index < -0.39 is 0 Å². The van der Waals surface area contributed by atoms with Gasteiger partial charge in [-0.3, -0.25) is 0 Å². The summed E-state index contributed by atoms with van der Waals surface area (Å²) in [5, 5.41) is 2.93. The Morgan fingerprint density at radius 1 is 1.25 bits per heavy atom. The highest BCUT2D eigenvalue weighted by Gasteiger charge is 2.11. The molecular weight excluding hydrogens is 252 g/mol. The lowest BCUT2D eigenvalue weighted by molar-refractivity contribution is 0.213. The number of urea groups is 1. The molecule has 1 N–H and O–H groups in total. The molecule has 0 aromatic heterocycles. The Balaban J connectivity index is 2.59. The number of ether oxygens (including phenoxy) is 1. The molecule has 1 rings (SSSR count). The summed E-state index contributed by atoms with van der Waals surface area (Å²) in [6.45, 7) is 8.40. The smallest absolute Gasteiger partial charge is 0.321 e. The fraction of sp³-hybridized carbons (Fsp3) is 0.562. The van der Waals surface area contributed by atoms with Gasteiger partial charge >= 0.3 is 6.03 Å². The van der Waals surface area contributed by atoms with Crippen LogP contribution in [-0.2, 0) is 0 Å². The zero-order valence-electron chi connectivity index (χ0n) is 12.8. The van der Waals surface area contributed by atoms with E-state index in [0.29, 0.717) is 6.61 Å². The predicted molar refractivity (Wildman–Crippen MR) is 83.4 cm³/mol. The summed E-state index contributed by atoms with van der Waals surface area (Å²) in [4.78, 5) is 14.0. The maximum absolute atomic E-state index is 12.1. The van der Waals surface area contributed by atoms with Crippen molar-refractivity contribution in [3.8, 4) is 5.75 Å². The van der Waals surface area contributed by atoms with E-state index in [-0.39, 0.29) is 6.03 Å². The minimum absolute atomic E-state index is 0.0476. The van der Waals surface area contributed by atoms with Gasteiger partial charge in [0.1, 0.15) is 5.75 Å². The number of carbonyl (C=O) groups excluding carboxylic acids is 1. The molecule has 0 aliphatic rings. The summed E-state index contributed by atoms with van der Waals surface area (Å²) >= 11 is 0. The van der Waals surface area contributed by atoms with Crippen LogP contribution in [0.15, 0.2) is 24.3 Å². The van der Waals surface area contributed by atoms with E-state index in [9.17, 15) is 4.79 Å². The molecule has 1 aromatic carbocycles. The Bertz CT molecular complexity index is 407. The average Bonchev–Trinajstić information content (AvgIpc) is 2.46. The van der Waals surface area contributed by atoms with Crippen molar-refractivity contribution in [3.05, 3.63) is 24.3 Å². The van der Waals surface area contributed by atoms with Gasteiger partial charge in [0.2, 0.25) is 0 Å². The van der Waals surface area contributed by atoms with E-state index >= 15 is 0 Å². The number of carbonyl (C=O) groups is 1. The molecule has 4 nitrogen and oxygen atoms in total. The first-order valence-corrected chi connectivity index (χ1v) is 7.50. The second-order valence-corrected chi connectivity index (χ2v) is 4.74. The van der Waals surface area contributed by atoms with Crippen molar-refractivity contribution in [2.45, 2.75) is 40.0 Å². The van der Waals surface area contributed by atoms with Gasteiger partial charge in [-0.2, -0.15) is 0 Å². The minimum Gasteiger partial charge on any atom is -0.494 e. The Morgan fingerprint density at radius 3 is 2.70 bits per heavy atom. The standard InChI is InChI=1S/C16H26N2O2/c1-4-7-11-18(6-3)16(19)17-14-9-8-10-15(13-14)20-12-5-2/h8-10,13H,4-7,11-12H2,1-3H3,(H,17,19). The molecule has 0 saturated heterocycles. The van der Waals surface area contributed by atoms with Gasteiger partial charge in [0.25, 0.3) is 0 Å². The van der Waals surface area contributed by atoms with Crippen molar-refractivity contribution < 1.29 is 9.53 Å². The predicted octanol–water partition coefficient (Wildman–Crippen LogP) is 4.13. The molecule has 112 valence electrons. The molecule has 0 atom stereocenters. The first-order valence-electron chi connectivity index (χ1n) is 7.50. The van der Waals surface area contributed by atoms with Gasteiger partial charge in [0.05, 0.1) is 6.61 Å². The molecule has 0 aliphatic carbocycles. The number of unbranched alkanes of at least 4 members (excludes halogenated alkanes) is 1. The number of hydrogen-bond acceptors (Lipinski definition) is 2. The van der Waals surface area contributed by atoms with Crippen molar-refractivity contribution in [3.63, 3.8) is 0 Å². The second-order valence-electron chi connectivity index (χ2n) is 4.74. The van der Waals surface area contributed by atoms with Crippen molar-refractivity contribution >= 4 is 11.7 Å². The maximum Gasteiger partial charge on any atom is 0.321 e. The topological polar surface area (TPSA) is 41.6 Å². The number of anilines is 1. The molecular formula is C16H26N2O2. The molecule has 0 saturated carbocycles. The molecule has 2 amide bonds. The highest BCUT2D eigenvalue weighted by Crippen LogP contribution is 2.18. The van der Waals surface area contributed by atoms with E-state index in [4.69, 9.17) is 4.74 Å². The number of rotatable bonds is 8. The zero-order valence-corrected chi connectivity index (χ0v) is 12.8. The number of nitrogens with one attached hydrogen (secondary N) is 1. The van der Waals surface area contributed by atoms with Crippen LogP contribution < -0.4 is 10.1 Å². The first-order chi connectivity index (χ1) is 9.71. The third kappa shape index (κ3) is 5.51. The highest BCUT2D eigenvalue weighted by atomic mass is 16.5. The molecule has 0 spiro atoms. The fourth-order valence-corrected chi connectivity index (χ4v) is 1.84. The van der Waals surface area contributed by atoms with Crippen molar-refractivity contribution in [1.82, 2.24) is 4.90 Å². The van der Waals surface area contributed by atoms with Crippen molar-refractivity contribution in [2.75, 3.05) is 25.0 Å². The molecule has 4 heteroatoms. The summed E-state index contributed by atoms with van der Waals surface area (Å²) in [5.41, 5.74) is 0.776. The number of amides is 2. The van der Waals surface area contributed by atoms with Gasteiger partial charge in [-0.05, 0) is 31.9 Å². The Kier molecular flexibility index (Phi) is 7.55. The zero-order chi connectivity index (χ0) is 14.8. The summed E-state index contributed by atoms with van der Waals surface area (Å²) in [6.07, 6.45) is 3.09. The van der Waals surface area contributed by atoms with Crippen LogP contribution in [0.25, 0.3) is 0 Å². The van der Waals surface area contributed by atoms with Crippen LogP contribution in [0.5, 0.6) is 5.75 Å². The van der Waals surface area contributed by atoms with Crippen LogP contribution in [0.2, 0.25) is 0 Å². The first kappa shape index (κ1) is 16.3. The lowest BCUT2D eigenvalue weighted by Crippen LogP contribution is -2.35.